The van der Waals surface area contributed by atoms with Crippen LogP contribution in [0.25, 0.3) is 0 Å². The van der Waals surface area contributed by atoms with Gasteiger partial charge in [-0.05, 0) is 30.2 Å². The van der Waals surface area contributed by atoms with E-state index in [9.17, 15) is 4.79 Å². The van der Waals surface area contributed by atoms with Crippen molar-refractivity contribution in [3.8, 4) is 0 Å². The molecule has 1 aromatic heterocycles. The van der Waals surface area contributed by atoms with Gasteiger partial charge in [0.25, 0.3) is 5.91 Å². The van der Waals surface area contributed by atoms with Crippen LogP contribution in [0.15, 0.2) is 73.2 Å². The van der Waals surface area contributed by atoms with Crippen LogP contribution in [-0.4, -0.2) is 53.5 Å². The molecule has 1 fully saturated rings. The van der Waals surface area contributed by atoms with Crippen LogP contribution in [0.5, 0.6) is 0 Å². The van der Waals surface area contributed by atoms with Gasteiger partial charge in [0.1, 0.15) is 5.69 Å². The van der Waals surface area contributed by atoms with E-state index >= 15 is 0 Å². The Morgan fingerprint density at radius 3 is 2.45 bits per heavy atom. The lowest BCUT2D eigenvalue weighted by Crippen LogP contribution is -2.47. The molecule has 148 valence electrons. The van der Waals surface area contributed by atoms with Crippen LogP contribution in [0.4, 0.5) is 11.4 Å². The number of para-hydroxylation sites is 2. The van der Waals surface area contributed by atoms with Gasteiger partial charge in [0.2, 0.25) is 0 Å². The van der Waals surface area contributed by atoms with Gasteiger partial charge in [-0.2, -0.15) is 0 Å². The highest BCUT2D eigenvalue weighted by molar-refractivity contribution is 6.03. The predicted molar refractivity (Wildman–Crippen MR) is 115 cm³/mol. The van der Waals surface area contributed by atoms with E-state index in [4.69, 9.17) is 0 Å². The molecule has 6 nitrogen and oxygen atoms in total. The molecular formula is C23H25N5O. The maximum absolute atomic E-state index is 12.4. The van der Waals surface area contributed by atoms with Crippen molar-refractivity contribution in [2.24, 2.45) is 0 Å². The summed E-state index contributed by atoms with van der Waals surface area (Å²) in [6.45, 7) is 5.14. The molecule has 29 heavy (non-hydrogen) atoms. The van der Waals surface area contributed by atoms with Crippen molar-refractivity contribution in [3.63, 3.8) is 0 Å². The number of amides is 1. The first-order chi connectivity index (χ1) is 14.3. The minimum atomic E-state index is -0.234. The summed E-state index contributed by atoms with van der Waals surface area (Å²) in [5.74, 6) is -0.234. The Kier molecular flexibility index (Phi) is 6.12. The molecule has 6 heteroatoms. The maximum Gasteiger partial charge on any atom is 0.275 e. The average Bonchev–Trinajstić information content (AvgIpc) is 2.80. The molecule has 0 aliphatic carbocycles. The summed E-state index contributed by atoms with van der Waals surface area (Å²) in [7, 11) is 0. The number of hydrogen-bond donors (Lipinski definition) is 1. The molecule has 2 aromatic carbocycles. The van der Waals surface area contributed by atoms with E-state index in [2.05, 4.69) is 61.5 Å². The molecule has 2 heterocycles. The van der Waals surface area contributed by atoms with E-state index in [0.717, 1.165) is 50.4 Å². The van der Waals surface area contributed by atoms with Gasteiger partial charge in [0.05, 0.1) is 6.20 Å². The third kappa shape index (κ3) is 4.97. The van der Waals surface area contributed by atoms with Crippen molar-refractivity contribution < 1.29 is 4.79 Å². The molecule has 1 aliphatic heterocycles. The second kappa shape index (κ2) is 9.30. The third-order valence-corrected chi connectivity index (χ3v) is 5.25. The lowest BCUT2D eigenvalue weighted by Gasteiger charge is -2.36. The summed E-state index contributed by atoms with van der Waals surface area (Å²) >= 11 is 0. The van der Waals surface area contributed by atoms with Crippen LogP contribution in [0.2, 0.25) is 0 Å². The van der Waals surface area contributed by atoms with Crippen LogP contribution in [0.3, 0.4) is 0 Å². The smallest absolute Gasteiger partial charge is 0.275 e. The minimum absolute atomic E-state index is 0.234. The second-order valence-electron chi connectivity index (χ2n) is 7.12. The Labute approximate surface area is 171 Å². The highest BCUT2D eigenvalue weighted by atomic mass is 16.1. The molecule has 1 N–H and O–H groups in total. The average molecular weight is 387 g/mol. The van der Waals surface area contributed by atoms with E-state index < -0.39 is 0 Å². The van der Waals surface area contributed by atoms with Crippen LogP contribution in [0, 0.1) is 0 Å². The number of anilines is 2. The van der Waals surface area contributed by atoms with Crippen molar-refractivity contribution in [1.82, 2.24) is 14.9 Å². The monoisotopic (exact) mass is 387 g/mol. The molecule has 0 unspecified atom stereocenters. The number of nitrogens with one attached hydrogen (secondary N) is 1. The molecule has 4 rings (SSSR count). The van der Waals surface area contributed by atoms with Crippen LogP contribution >= 0.6 is 0 Å². The summed E-state index contributed by atoms with van der Waals surface area (Å²) in [6.07, 6.45) is 5.45. The van der Waals surface area contributed by atoms with Crippen molar-refractivity contribution >= 4 is 17.3 Å². The Balaban J connectivity index is 1.32. The summed E-state index contributed by atoms with van der Waals surface area (Å²) in [6, 6.07) is 18.6. The normalized spacial score (nSPS) is 14.6. The predicted octanol–water partition coefficient (Wildman–Crippen LogP) is 3.09. The first kappa shape index (κ1) is 19.1. The number of rotatable bonds is 6. The van der Waals surface area contributed by atoms with Gasteiger partial charge in [-0.15, -0.1) is 0 Å². The SMILES string of the molecule is O=C(Nc1ccccc1CCN1CCN(c2ccccc2)CC1)c1cnccn1. The van der Waals surface area contributed by atoms with Crippen molar-refractivity contribution in [3.05, 3.63) is 84.4 Å². The van der Waals surface area contributed by atoms with E-state index in [-0.39, 0.29) is 5.91 Å². The lowest BCUT2D eigenvalue weighted by atomic mass is 10.1. The largest absolute Gasteiger partial charge is 0.369 e. The summed E-state index contributed by atoms with van der Waals surface area (Å²) in [5, 5.41) is 2.97. The Bertz CT molecular complexity index is 924. The maximum atomic E-state index is 12.4. The highest BCUT2D eigenvalue weighted by Gasteiger charge is 2.17. The molecule has 0 radical (unpaired) electrons. The van der Waals surface area contributed by atoms with E-state index in [1.807, 2.05) is 18.2 Å². The molecule has 1 aliphatic rings. The molecule has 1 amide bonds. The summed E-state index contributed by atoms with van der Waals surface area (Å²) < 4.78 is 0. The number of aromatic nitrogens is 2. The third-order valence-electron chi connectivity index (χ3n) is 5.25. The van der Waals surface area contributed by atoms with Crippen molar-refractivity contribution in [2.45, 2.75) is 6.42 Å². The van der Waals surface area contributed by atoms with Crippen molar-refractivity contribution in [2.75, 3.05) is 42.9 Å². The summed E-state index contributed by atoms with van der Waals surface area (Å²) in [5.41, 5.74) is 3.59. The van der Waals surface area contributed by atoms with Gasteiger partial charge in [0, 0.05) is 56.5 Å². The zero-order valence-corrected chi connectivity index (χ0v) is 16.4. The fourth-order valence-electron chi connectivity index (χ4n) is 3.61. The second-order valence-corrected chi connectivity index (χ2v) is 7.12. The van der Waals surface area contributed by atoms with Crippen molar-refractivity contribution in [1.29, 1.82) is 0 Å². The van der Waals surface area contributed by atoms with Gasteiger partial charge in [-0.3, -0.25) is 14.7 Å². The number of hydrogen-bond acceptors (Lipinski definition) is 5. The number of benzene rings is 2. The van der Waals surface area contributed by atoms with Gasteiger partial charge >= 0.3 is 0 Å². The van der Waals surface area contributed by atoms with Gasteiger partial charge in [-0.25, -0.2) is 4.98 Å². The molecule has 0 saturated carbocycles. The zero-order valence-electron chi connectivity index (χ0n) is 16.4. The van der Waals surface area contributed by atoms with Gasteiger partial charge in [0.15, 0.2) is 0 Å². The van der Waals surface area contributed by atoms with Crippen LogP contribution in [0.1, 0.15) is 16.1 Å². The van der Waals surface area contributed by atoms with E-state index in [0.29, 0.717) is 5.69 Å². The topological polar surface area (TPSA) is 61.4 Å². The first-order valence-corrected chi connectivity index (χ1v) is 9.97. The molecule has 0 spiro atoms. The number of nitrogens with zero attached hydrogens (tertiary/aromatic N) is 4. The first-order valence-electron chi connectivity index (χ1n) is 9.97. The van der Waals surface area contributed by atoms with Gasteiger partial charge < -0.3 is 10.2 Å². The molecular weight excluding hydrogens is 362 g/mol. The number of carbonyl (C=O) groups excluding carboxylic acids is 1. The Morgan fingerprint density at radius 1 is 0.931 bits per heavy atom. The summed E-state index contributed by atoms with van der Waals surface area (Å²) in [4.78, 5) is 25.4. The van der Waals surface area contributed by atoms with Crippen LogP contribution < -0.4 is 10.2 Å². The van der Waals surface area contributed by atoms with E-state index in [1.165, 1.54) is 18.1 Å². The fraction of sp³-hybridized carbons (Fsp3) is 0.261. The molecule has 3 aromatic rings. The number of piperazine rings is 1. The lowest BCUT2D eigenvalue weighted by molar-refractivity contribution is 0.102. The molecule has 0 bridgehead atoms. The molecule has 0 atom stereocenters. The fourth-order valence-corrected chi connectivity index (χ4v) is 3.61. The quantitative estimate of drug-likeness (QED) is 0.704. The standard InChI is InChI=1S/C23H25N5O/c29-23(22-18-24-11-12-25-22)26-21-9-5-4-6-19(21)10-13-27-14-16-28(17-15-27)20-7-2-1-3-8-20/h1-9,11-12,18H,10,13-17H2,(H,26,29). The highest BCUT2D eigenvalue weighted by Crippen LogP contribution is 2.19. The van der Waals surface area contributed by atoms with Crippen LogP contribution in [-0.2, 0) is 6.42 Å². The molecule has 1 saturated heterocycles. The van der Waals surface area contributed by atoms with E-state index in [1.54, 1.807) is 6.20 Å². The Morgan fingerprint density at radius 2 is 1.69 bits per heavy atom. The van der Waals surface area contributed by atoms with Gasteiger partial charge in [-0.1, -0.05) is 36.4 Å². The zero-order chi connectivity index (χ0) is 19.9. The number of carbonyl (C=O) groups is 1. The Hall–Kier alpha value is -3.25. The minimum Gasteiger partial charge on any atom is -0.369 e.